The zero-order valence-electron chi connectivity index (χ0n) is 15.3. The summed E-state index contributed by atoms with van der Waals surface area (Å²) < 4.78 is 13.5. The molecule has 0 amide bonds. The molecule has 0 spiro atoms. The number of hydrogen-bond donors (Lipinski definition) is 1. The molecule has 2 aromatic rings. The van der Waals surface area contributed by atoms with E-state index in [4.69, 9.17) is 16.6 Å². The fourth-order valence-electron chi connectivity index (χ4n) is 3.86. The third-order valence-electron chi connectivity index (χ3n) is 5.21. The van der Waals surface area contributed by atoms with Gasteiger partial charge in [0.05, 0.1) is 5.92 Å². The Balaban J connectivity index is 1.83. The summed E-state index contributed by atoms with van der Waals surface area (Å²) in [6, 6.07) is 13.9. The van der Waals surface area contributed by atoms with E-state index in [0.717, 1.165) is 29.4 Å². The van der Waals surface area contributed by atoms with Crippen LogP contribution >= 0.6 is 23.4 Å². The number of thioether (sulfide) groups is 1. The lowest BCUT2D eigenvalue weighted by molar-refractivity contribution is -0.0703. The number of fused-ring (bicyclic) bond motifs is 1. The monoisotopic (exact) mass is 404 g/mol. The predicted octanol–water partition coefficient (Wildman–Crippen LogP) is 4.74. The van der Waals surface area contributed by atoms with Crippen molar-refractivity contribution in [2.24, 2.45) is 10.4 Å². The van der Waals surface area contributed by atoms with Crippen molar-refractivity contribution in [2.45, 2.75) is 25.5 Å². The second-order valence-electron chi connectivity index (χ2n) is 8.05. The Morgan fingerprint density at radius 3 is 2.33 bits per heavy atom. The molecule has 2 aromatic carbocycles. The van der Waals surface area contributed by atoms with Crippen molar-refractivity contribution in [1.29, 1.82) is 0 Å². The standard InChI is InChI=1S/C21H22ClFN2OS/c1-20(2)11-24-19-25(12-20)21(26,13-27-19)18(14-3-7-16(22)8-4-14)15-5-9-17(23)10-6-15/h3-10,18,26H,11-13H2,1-2H3. The fraction of sp³-hybridized carbons (Fsp3) is 0.381. The van der Waals surface area contributed by atoms with Gasteiger partial charge < -0.3 is 10.0 Å². The first-order valence-electron chi connectivity index (χ1n) is 8.97. The van der Waals surface area contributed by atoms with Crippen molar-refractivity contribution in [3.05, 3.63) is 70.5 Å². The SMILES string of the molecule is CC1(C)CN=C2SCC(O)(C(c3ccc(F)cc3)c3ccc(Cl)cc3)N2C1. The molecule has 27 heavy (non-hydrogen) atoms. The molecular formula is C21H22ClFN2OS. The third-order valence-corrected chi connectivity index (χ3v) is 6.64. The van der Waals surface area contributed by atoms with Crippen LogP contribution in [0.5, 0.6) is 0 Å². The molecule has 1 fully saturated rings. The topological polar surface area (TPSA) is 35.8 Å². The molecule has 6 heteroatoms. The molecule has 142 valence electrons. The molecule has 3 nitrogen and oxygen atoms in total. The van der Waals surface area contributed by atoms with Gasteiger partial charge in [-0.15, -0.1) is 0 Å². The molecule has 4 rings (SSSR count). The van der Waals surface area contributed by atoms with Gasteiger partial charge in [0.2, 0.25) is 0 Å². The predicted molar refractivity (Wildman–Crippen MR) is 110 cm³/mol. The number of halogens is 2. The summed E-state index contributed by atoms with van der Waals surface area (Å²) >= 11 is 7.66. The maximum Gasteiger partial charge on any atom is 0.161 e. The van der Waals surface area contributed by atoms with E-state index in [1.165, 1.54) is 12.1 Å². The minimum atomic E-state index is -1.15. The lowest BCUT2D eigenvalue weighted by Crippen LogP contribution is -2.56. The summed E-state index contributed by atoms with van der Waals surface area (Å²) in [6.45, 7) is 5.79. The van der Waals surface area contributed by atoms with E-state index in [1.807, 2.05) is 29.2 Å². The van der Waals surface area contributed by atoms with E-state index >= 15 is 0 Å². The van der Waals surface area contributed by atoms with Crippen LogP contribution in [0.15, 0.2) is 53.5 Å². The van der Waals surface area contributed by atoms with Crippen molar-refractivity contribution in [1.82, 2.24) is 4.90 Å². The number of hydrogen-bond acceptors (Lipinski definition) is 4. The van der Waals surface area contributed by atoms with Gasteiger partial charge in [-0.1, -0.05) is 61.5 Å². The summed E-state index contributed by atoms with van der Waals surface area (Å²) in [5.41, 5.74) is 0.646. The maximum atomic E-state index is 13.5. The minimum Gasteiger partial charge on any atom is -0.369 e. The van der Waals surface area contributed by atoms with E-state index in [2.05, 4.69) is 13.8 Å². The van der Waals surface area contributed by atoms with Crippen LogP contribution in [0.3, 0.4) is 0 Å². The average Bonchev–Trinajstić information content (AvgIpc) is 2.94. The maximum absolute atomic E-state index is 13.5. The highest BCUT2D eigenvalue weighted by Gasteiger charge is 2.52. The van der Waals surface area contributed by atoms with E-state index in [9.17, 15) is 9.50 Å². The van der Waals surface area contributed by atoms with Gasteiger partial charge in [0.25, 0.3) is 0 Å². The van der Waals surface area contributed by atoms with E-state index in [0.29, 0.717) is 10.8 Å². The summed E-state index contributed by atoms with van der Waals surface area (Å²) in [5, 5.41) is 13.5. The van der Waals surface area contributed by atoms with Gasteiger partial charge in [0.15, 0.2) is 10.9 Å². The van der Waals surface area contributed by atoms with E-state index in [-0.39, 0.29) is 17.2 Å². The second-order valence-corrected chi connectivity index (χ2v) is 9.43. The number of rotatable bonds is 3. The average molecular weight is 405 g/mol. The Kier molecular flexibility index (Phi) is 4.73. The Bertz CT molecular complexity index is 823. The van der Waals surface area contributed by atoms with Crippen molar-refractivity contribution < 1.29 is 9.50 Å². The van der Waals surface area contributed by atoms with Crippen LogP contribution in [0.25, 0.3) is 0 Å². The molecular weight excluding hydrogens is 383 g/mol. The van der Waals surface area contributed by atoms with Gasteiger partial charge >= 0.3 is 0 Å². The van der Waals surface area contributed by atoms with Gasteiger partial charge in [-0.05, 0) is 35.4 Å². The molecule has 0 aliphatic carbocycles. The van der Waals surface area contributed by atoms with Crippen LogP contribution in [0.4, 0.5) is 4.39 Å². The van der Waals surface area contributed by atoms with E-state index < -0.39 is 5.72 Å². The zero-order valence-corrected chi connectivity index (χ0v) is 16.9. The highest BCUT2D eigenvalue weighted by Crippen LogP contribution is 2.47. The highest BCUT2D eigenvalue weighted by molar-refractivity contribution is 8.14. The molecule has 0 radical (unpaired) electrons. The molecule has 2 aliphatic heterocycles. The first-order chi connectivity index (χ1) is 12.8. The van der Waals surface area contributed by atoms with Crippen molar-refractivity contribution in [2.75, 3.05) is 18.8 Å². The molecule has 1 N–H and O–H groups in total. The fourth-order valence-corrected chi connectivity index (χ4v) is 5.19. The summed E-state index contributed by atoms with van der Waals surface area (Å²) in [4.78, 5) is 6.73. The number of amidine groups is 1. The van der Waals surface area contributed by atoms with Gasteiger partial charge in [-0.25, -0.2) is 4.39 Å². The van der Waals surface area contributed by atoms with Crippen LogP contribution < -0.4 is 0 Å². The highest BCUT2D eigenvalue weighted by atomic mass is 35.5. The van der Waals surface area contributed by atoms with Crippen LogP contribution in [0, 0.1) is 11.2 Å². The molecule has 1 saturated heterocycles. The van der Waals surface area contributed by atoms with Crippen LogP contribution in [-0.2, 0) is 0 Å². The Morgan fingerprint density at radius 1 is 1.11 bits per heavy atom. The summed E-state index contributed by atoms with van der Waals surface area (Å²) in [5.74, 6) is -0.126. The minimum absolute atomic E-state index is 0.0181. The van der Waals surface area contributed by atoms with Gasteiger partial charge in [-0.2, -0.15) is 0 Å². The second kappa shape index (κ2) is 6.80. The number of aliphatic hydroxyl groups is 1. The van der Waals surface area contributed by atoms with Gasteiger partial charge in [0.1, 0.15) is 5.82 Å². The Labute approximate surface area is 168 Å². The molecule has 0 bridgehead atoms. The molecule has 2 unspecified atom stereocenters. The smallest absolute Gasteiger partial charge is 0.161 e. The molecule has 2 atom stereocenters. The van der Waals surface area contributed by atoms with Gasteiger partial charge in [0, 0.05) is 29.3 Å². The number of nitrogens with zero attached hydrogens (tertiary/aromatic N) is 2. The quantitative estimate of drug-likeness (QED) is 0.802. The normalized spacial score (nSPS) is 25.1. The first kappa shape index (κ1) is 18.8. The van der Waals surface area contributed by atoms with Crippen LogP contribution in [-0.4, -0.2) is 39.7 Å². The lowest BCUT2D eigenvalue weighted by atomic mass is 9.81. The lowest BCUT2D eigenvalue weighted by Gasteiger charge is -2.45. The van der Waals surface area contributed by atoms with Crippen molar-refractivity contribution in [3.63, 3.8) is 0 Å². The molecule has 0 saturated carbocycles. The summed E-state index contributed by atoms with van der Waals surface area (Å²) in [6.07, 6.45) is 0. The van der Waals surface area contributed by atoms with Crippen molar-refractivity contribution in [3.8, 4) is 0 Å². The molecule has 2 heterocycles. The molecule has 2 aliphatic rings. The first-order valence-corrected chi connectivity index (χ1v) is 10.3. The largest absolute Gasteiger partial charge is 0.369 e. The van der Waals surface area contributed by atoms with Crippen LogP contribution in [0.1, 0.15) is 30.9 Å². The zero-order chi connectivity index (χ0) is 19.2. The number of benzene rings is 2. The Hall–Kier alpha value is -1.56. The van der Waals surface area contributed by atoms with Crippen molar-refractivity contribution >= 4 is 28.5 Å². The number of aliphatic imine (C=N–C) groups is 1. The van der Waals surface area contributed by atoms with Crippen LogP contribution in [0.2, 0.25) is 5.02 Å². The Morgan fingerprint density at radius 2 is 1.70 bits per heavy atom. The third kappa shape index (κ3) is 3.48. The summed E-state index contributed by atoms with van der Waals surface area (Å²) in [7, 11) is 0. The van der Waals surface area contributed by atoms with E-state index in [1.54, 1.807) is 23.9 Å². The molecule has 0 aromatic heterocycles. The van der Waals surface area contributed by atoms with Gasteiger partial charge in [-0.3, -0.25) is 4.99 Å².